The lowest BCUT2D eigenvalue weighted by Crippen LogP contribution is -2.34. The van der Waals surface area contributed by atoms with Gasteiger partial charge in [0.25, 0.3) is 5.91 Å². The number of methoxy groups -OCH3 is 1. The van der Waals surface area contributed by atoms with E-state index in [4.69, 9.17) is 4.74 Å². The second kappa shape index (κ2) is 7.39. The summed E-state index contributed by atoms with van der Waals surface area (Å²) in [6, 6.07) is 23.6. The Hall–Kier alpha value is -3.27. The lowest BCUT2D eigenvalue weighted by Gasteiger charge is -2.21. The molecule has 1 unspecified atom stereocenters. The second-order valence-corrected chi connectivity index (χ2v) is 6.96. The van der Waals surface area contributed by atoms with E-state index in [0.29, 0.717) is 16.9 Å². The third kappa shape index (κ3) is 3.46. The zero-order valence-corrected chi connectivity index (χ0v) is 15.6. The van der Waals surface area contributed by atoms with Crippen LogP contribution in [0.5, 0.6) is 5.75 Å². The van der Waals surface area contributed by atoms with Gasteiger partial charge in [-0.3, -0.25) is 4.79 Å². The number of amides is 1. The molecule has 1 amide bonds. The van der Waals surface area contributed by atoms with E-state index in [1.54, 1.807) is 31.4 Å². The lowest BCUT2D eigenvalue weighted by atomic mass is 9.91. The van der Waals surface area contributed by atoms with E-state index in [2.05, 4.69) is 4.99 Å². The molecule has 0 aliphatic heterocycles. The second-order valence-electron chi connectivity index (χ2n) is 6.96. The van der Waals surface area contributed by atoms with Crippen molar-refractivity contribution in [3.05, 3.63) is 101 Å². The van der Waals surface area contributed by atoms with Crippen LogP contribution in [0.15, 0.2) is 83.9 Å². The molecular weight excluding hydrogens is 353 g/mol. The number of halogens is 1. The quantitative estimate of drug-likeness (QED) is 0.657. The molecule has 0 bridgehead atoms. The molecule has 140 valence electrons. The molecule has 4 heteroatoms. The molecule has 3 nitrogen and oxygen atoms in total. The van der Waals surface area contributed by atoms with Crippen LogP contribution in [-0.4, -0.2) is 24.4 Å². The Labute approximate surface area is 163 Å². The largest absolute Gasteiger partial charge is 0.497 e. The van der Waals surface area contributed by atoms with Gasteiger partial charge in [-0.25, -0.2) is 9.38 Å². The Bertz CT molecular complexity index is 1050. The fraction of sp³-hybridized carbons (Fsp3) is 0.167. The molecule has 0 aromatic heterocycles. The molecule has 0 heterocycles. The van der Waals surface area contributed by atoms with Crippen LogP contribution in [0, 0.1) is 0 Å². The van der Waals surface area contributed by atoms with Gasteiger partial charge < -0.3 is 4.74 Å². The summed E-state index contributed by atoms with van der Waals surface area (Å²) in [7, 11) is 1.58. The van der Waals surface area contributed by atoms with Gasteiger partial charge in [-0.05, 0) is 35.4 Å². The third-order valence-corrected chi connectivity index (χ3v) is 5.02. The van der Waals surface area contributed by atoms with Gasteiger partial charge in [0.05, 0.1) is 12.8 Å². The van der Waals surface area contributed by atoms with Crippen LogP contribution in [0.4, 0.5) is 4.39 Å². The maximum atomic E-state index is 16.2. The van der Waals surface area contributed by atoms with E-state index in [9.17, 15) is 4.79 Å². The predicted octanol–water partition coefficient (Wildman–Crippen LogP) is 4.83. The van der Waals surface area contributed by atoms with Crippen molar-refractivity contribution in [3.8, 4) is 5.75 Å². The molecule has 1 aliphatic carbocycles. The Balaban J connectivity index is 1.75. The van der Waals surface area contributed by atoms with Crippen LogP contribution < -0.4 is 4.74 Å². The Kier molecular flexibility index (Phi) is 4.78. The monoisotopic (exact) mass is 373 g/mol. The summed E-state index contributed by atoms with van der Waals surface area (Å²) in [4.78, 5) is 16.9. The lowest BCUT2D eigenvalue weighted by molar-refractivity contribution is 0.100. The predicted molar refractivity (Wildman–Crippen MR) is 108 cm³/mol. The number of carbonyl (C=O) groups excluding carboxylic acids is 1. The van der Waals surface area contributed by atoms with Crippen LogP contribution in [-0.2, 0) is 12.8 Å². The van der Waals surface area contributed by atoms with E-state index in [1.807, 2.05) is 54.6 Å². The highest BCUT2D eigenvalue weighted by Gasteiger charge is 2.44. The van der Waals surface area contributed by atoms with Gasteiger partial charge in [-0.1, -0.05) is 54.6 Å². The van der Waals surface area contributed by atoms with Crippen molar-refractivity contribution in [1.82, 2.24) is 0 Å². The third-order valence-electron chi connectivity index (χ3n) is 5.02. The molecular formula is C24H20FNO2. The summed E-state index contributed by atoms with van der Waals surface area (Å²) in [5.41, 5.74) is 1.28. The van der Waals surface area contributed by atoms with Crippen molar-refractivity contribution in [3.63, 3.8) is 0 Å². The molecule has 0 saturated carbocycles. The van der Waals surface area contributed by atoms with Gasteiger partial charge in [0.15, 0.2) is 5.67 Å². The minimum atomic E-state index is -1.75. The van der Waals surface area contributed by atoms with Crippen molar-refractivity contribution in [2.45, 2.75) is 18.5 Å². The topological polar surface area (TPSA) is 38.7 Å². The van der Waals surface area contributed by atoms with Crippen molar-refractivity contribution in [1.29, 1.82) is 0 Å². The Morgan fingerprint density at radius 3 is 2.57 bits per heavy atom. The van der Waals surface area contributed by atoms with Gasteiger partial charge in [-0.15, -0.1) is 0 Å². The number of fused-ring (bicyclic) bond motifs is 1. The zero-order chi connectivity index (χ0) is 19.6. The minimum Gasteiger partial charge on any atom is -0.497 e. The average Bonchev–Trinajstić information content (AvgIpc) is 3.00. The molecule has 1 aliphatic rings. The first-order chi connectivity index (χ1) is 13.6. The van der Waals surface area contributed by atoms with Crippen LogP contribution >= 0.6 is 0 Å². The molecule has 4 rings (SSSR count). The summed E-state index contributed by atoms with van der Waals surface area (Å²) in [6.45, 7) is 0. The first kappa shape index (κ1) is 18.1. The van der Waals surface area contributed by atoms with Gasteiger partial charge in [-0.2, -0.15) is 0 Å². The number of alkyl halides is 1. The number of rotatable bonds is 4. The number of ether oxygens (including phenoxy) is 1. The SMILES string of the molecule is COc1cccc(CC2(F)Cc3ccccc3/C2=N/C(=O)c2ccccc2)c1. The van der Waals surface area contributed by atoms with Gasteiger partial charge in [0, 0.05) is 24.0 Å². The smallest absolute Gasteiger partial charge is 0.277 e. The van der Waals surface area contributed by atoms with Crippen molar-refractivity contribution >= 4 is 11.6 Å². The first-order valence-corrected chi connectivity index (χ1v) is 9.18. The Morgan fingerprint density at radius 2 is 1.79 bits per heavy atom. The van der Waals surface area contributed by atoms with Crippen LogP contribution in [0.3, 0.4) is 0 Å². The van der Waals surface area contributed by atoms with Crippen molar-refractivity contribution in [2.24, 2.45) is 4.99 Å². The molecule has 28 heavy (non-hydrogen) atoms. The van der Waals surface area contributed by atoms with Crippen LogP contribution in [0.25, 0.3) is 0 Å². The van der Waals surface area contributed by atoms with E-state index in [-0.39, 0.29) is 18.6 Å². The van der Waals surface area contributed by atoms with E-state index in [0.717, 1.165) is 11.1 Å². The molecule has 0 N–H and O–H groups in total. The summed E-state index contributed by atoms with van der Waals surface area (Å²) in [6.07, 6.45) is 0.321. The summed E-state index contributed by atoms with van der Waals surface area (Å²) < 4.78 is 21.5. The van der Waals surface area contributed by atoms with Gasteiger partial charge in [0.2, 0.25) is 0 Å². The Morgan fingerprint density at radius 1 is 1.04 bits per heavy atom. The number of hydrogen-bond acceptors (Lipinski definition) is 2. The van der Waals surface area contributed by atoms with Gasteiger partial charge in [0.1, 0.15) is 5.75 Å². The first-order valence-electron chi connectivity index (χ1n) is 9.18. The highest BCUT2D eigenvalue weighted by molar-refractivity contribution is 6.17. The molecule has 0 fully saturated rings. The average molecular weight is 373 g/mol. The highest BCUT2D eigenvalue weighted by Crippen LogP contribution is 2.37. The zero-order valence-electron chi connectivity index (χ0n) is 15.6. The molecule has 0 spiro atoms. The number of aliphatic imine (C=N–C) groups is 1. The fourth-order valence-corrected chi connectivity index (χ4v) is 3.69. The van der Waals surface area contributed by atoms with Crippen LogP contribution in [0.2, 0.25) is 0 Å². The standard InChI is InChI=1S/C24H20FNO2/c1-28-20-12-7-8-17(14-20)15-24(25)16-19-11-5-6-13-21(19)22(24)26-23(27)18-9-3-2-4-10-18/h2-14H,15-16H2,1H3/b26-22-. The van der Waals surface area contributed by atoms with Crippen LogP contribution in [0.1, 0.15) is 27.0 Å². The molecule has 0 radical (unpaired) electrons. The van der Waals surface area contributed by atoms with E-state index >= 15 is 4.39 Å². The number of hydrogen-bond donors (Lipinski definition) is 0. The molecule has 0 saturated heterocycles. The summed E-state index contributed by atoms with van der Waals surface area (Å²) in [5.74, 6) is 0.246. The number of nitrogens with zero attached hydrogens (tertiary/aromatic N) is 1. The number of carbonyl (C=O) groups is 1. The summed E-state index contributed by atoms with van der Waals surface area (Å²) in [5, 5.41) is 0. The maximum absolute atomic E-state index is 16.2. The molecule has 3 aromatic carbocycles. The molecule has 1 atom stereocenters. The minimum absolute atomic E-state index is 0.125. The normalized spacial score (nSPS) is 19.4. The highest BCUT2D eigenvalue weighted by atomic mass is 19.1. The van der Waals surface area contributed by atoms with E-state index < -0.39 is 11.6 Å². The number of benzene rings is 3. The van der Waals surface area contributed by atoms with Crippen molar-refractivity contribution < 1.29 is 13.9 Å². The van der Waals surface area contributed by atoms with E-state index in [1.165, 1.54) is 0 Å². The maximum Gasteiger partial charge on any atom is 0.277 e. The van der Waals surface area contributed by atoms with Crippen molar-refractivity contribution in [2.75, 3.05) is 7.11 Å². The summed E-state index contributed by atoms with van der Waals surface area (Å²) >= 11 is 0. The fourth-order valence-electron chi connectivity index (χ4n) is 3.69. The molecule has 3 aromatic rings. The van der Waals surface area contributed by atoms with Gasteiger partial charge >= 0.3 is 0 Å².